The van der Waals surface area contributed by atoms with Gasteiger partial charge in [0.2, 0.25) is 0 Å². The van der Waals surface area contributed by atoms with E-state index in [-0.39, 0.29) is 0 Å². The molecule has 3 nitrogen and oxygen atoms in total. The number of piperidine rings is 1. The van der Waals surface area contributed by atoms with E-state index < -0.39 is 5.60 Å². The molecular weight excluding hydrogens is 212 g/mol. The Balaban J connectivity index is 1.74. The van der Waals surface area contributed by atoms with Crippen molar-refractivity contribution in [3.8, 4) is 0 Å². The molecule has 17 heavy (non-hydrogen) atoms. The van der Waals surface area contributed by atoms with E-state index in [0.29, 0.717) is 6.04 Å². The average molecular weight is 238 g/mol. The number of nitrogens with one attached hydrogen (secondary N) is 1. The van der Waals surface area contributed by atoms with Crippen LogP contribution < -0.4 is 5.32 Å². The lowest BCUT2D eigenvalue weighted by atomic mass is 9.83. The van der Waals surface area contributed by atoms with Crippen molar-refractivity contribution in [3.63, 3.8) is 0 Å². The molecule has 0 spiro atoms. The third kappa shape index (κ3) is 2.13. The maximum absolute atomic E-state index is 10.6. The Hall–Kier alpha value is -0.120. The quantitative estimate of drug-likeness (QED) is 0.724. The first-order valence-electron chi connectivity index (χ1n) is 7.37. The zero-order chi connectivity index (χ0) is 11.9. The Labute approximate surface area is 105 Å². The molecule has 98 valence electrons. The molecule has 0 amide bonds. The van der Waals surface area contributed by atoms with E-state index in [1.165, 1.54) is 38.6 Å². The number of likely N-dealkylation sites (tertiary alicyclic amines) is 1. The van der Waals surface area contributed by atoms with Crippen LogP contribution in [0.4, 0.5) is 0 Å². The van der Waals surface area contributed by atoms with Gasteiger partial charge in [0.25, 0.3) is 0 Å². The monoisotopic (exact) mass is 238 g/mol. The van der Waals surface area contributed by atoms with Gasteiger partial charge in [0.1, 0.15) is 0 Å². The summed E-state index contributed by atoms with van der Waals surface area (Å²) in [6, 6.07) is 1.10. The molecule has 3 fully saturated rings. The fourth-order valence-electron chi connectivity index (χ4n) is 4.27. The number of nitrogens with zero attached hydrogens (tertiary/aromatic N) is 1. The van der Waals surface area contributed by atoms with E-state index in [1.54, 1.807) is 0 Å². The van der Waals surface area contributed by atoms with E-state index in [4.69, 9.17) is 0 Å². The Bertz CT molecular complexity index is 279. The molecule has 1 saturated carbocycles. The molecule has 1 aliphatic carbocycles. The van der Waals surface area contributed by atoms with Gasteiger partial charge in [-0.1, -0.05) is 12.8 Å². The molecule has 2 aliphatic heterocycles. The van der Waals surface area contributed by atoms with Crippen molar-refractivity contribution in [2.75, 3.05) is 19.6 Å². The zero-order valence-electron chi connectivity index (χ0n) is 11.0. The molecule has 0 radical (unpaired) electrons. The number of hydrogen-bond donors (Lipinski definition) is 2. The van der Waals surface area contributed by atoms with Crippen molar-refractivity contribution in [2.45, 2.75) is 63.1 Å². The second-order valence-electron chi connectivity index (χ2n) is 6.47. The molecule has 0 aromatic heterocycles. The fraction of sp³-hybridized carbons (Fsp3) is 1.00. The van der Waals surface area contributed by atoms with Gasteiger partial charge in [0.05, 0.1) is 11.6 Å². The minimum atomic E-state index is -0.489. The Kier molecular flexibility index (Phi) is 3.18. The molecule has 3 heteroatoms. The summed E-state index contributed by atoms with van der Waals surface area (Å²) in [5.74, 6) is 0.918. The minimum Gasteiger partial charge on any atom is -0.388 e. The van der Waals surface area contributed by atoms with Crippen LogP contribution in [-0.4, -0.2) is 47.3 Å². The Morgan fingerprint density at radius 3 is 2.88 bits per heavy atom. The second kappa shape index (κ2) is 4.52. The highest BCUT2D eigenvalue weighted by Crippen LogP contribution is 2.39. The van der Waals surface area contributed by atoms with E-state index in [2.05, 4.69) is 10.2 Å². The standard InChI is InChI=1S/C14H26N2O/c1-14(17)7-8-15-10-13(14)16-9-6-11-4-2-3-5-12(11)16/h11-13,15,17H,2-10H2,1H3. The van der Waals surface area contributed by atoms with Crippen molar-refractivity contribution >= 4 is 0 Å². The van der Waals surface area contributed by atoms with Gasteiger partial charge in [0.15, 0.2) is 0 Å². The summed E-state index contributed by atoms with van der Waals surface area (Å²) in [5.41, 5.74) is -0.489. The largest absolute Gasteiger partial charge is 0.388 e. The van der Waals surface area contributed by atoms with Crippen LogP contribution >= 0.6 is 0 Å². The second-order valence-corrected chi connectivity index (χ2v) is 6.47. The van der Waals surface area contributed by atoms with Gasteiger partial charge >= 0.3 is 0 Å². The number of rotatable bonds is 1. The van der Waals surface area contributed by atoms with Gasteiger partial charge in [-0.25, -0.2) is 0 Å². The first-order valence-corrected chi connectivity index (χ1v) is 7.37. The summed E-state index contributed by atoms with van der Waals surface area (Å²) < 4.78 is 0. The van der Waals surface area contributed by atoms with Crippen LogP contribution in [0, 0.1) is 5.92 Å². The molecule has 4 unspecified atom stereocenters. The highest BCUT2D eigenvalue weighted by molar-refractivity contribution is 5.01. The van der Waals surface area contributed by atoms with Crippen molar-refractivity contribution in [1.82, 2.24) is 10.2 Å². The maximum Gasteiger partial charge on any atom is 0.0798 e. The summed E-state index contributed by atoms with van der Waals surface area (Å²) >= 11 is 0. The summed E-state index contributed by atoms with van der Waals surface area (Å²) in [5, 5.41) is 14.1. The minimum absolute atomic E-state index is 0.337. The van der Waals surface area contributed by atoms with E-state index in [1.807, 2.05) is 6.92 Å². The molecule has 3 rings (SSSR count). The molecule has 0 aromatic rings. The first kappa shape index (κ1) is 11.9. The zero-order valence-corrected chi connectivity index (χ0v) is 11.0. The molecule has 2 heterocycles. The third-order valence-corrected chi connectivity index (χ3v) is 5.32. The van der Waals surface area contributed by atoms with Gasteiger partial charge in [-0.3, -0.25) is 4.90 Å². The van der Waals surface area contributed by atoms with Crippen LogP contribution in [-0.2, 0) is 0 Å². The van der Waals surface area contributed by atoms with Gasteiger partial charge in [-0.05, 0) is 51.6 Å². The van der Waals surface area contributed by atoms with Crippen LogP contribution in [0.2, 0.25) is 0 Å². The SMILES string of the molecule is CC1(O)CCNCC1N1CCC2CCCCC21. The molecule has 2 N–H and O–H groups in total. The van der Waals surface area contributed by atoms with Crippen LogP contribution in [0.1, 0.15) is 45.4 Å². The average Bonchev–Trinajstić information content (AvgIpc) is 2.72. The Morgan fingerprint density at radius 1 is 1.24 bits per heavy atom. The smallest absolute Gasteiger partial charge is 0.0798 e. The van der Waals surface area contributed by atoms with E-state index in [9.17, 15) is 5.11 Å². The normalized spacial score (nSPS) is 48.0. The number of hydrogen-bond acceptors (Lipinski definition) is 3. The molecule has 4 atom stereocenters. The highest BCUT2D eigenvalue weighted by atomic mass is 16.3. The van der Waals surface area contributed by atoms with E-state index >= 15 is 0 Å². The lowest BCUT2D eigenvalue weighted by Crippen LogP contribution is -2.61. The summed E-state index contributed by atoms with van der Waals surface area (Å²) in [7, 11) is 0. The lowest BCUT2D eigenvalue weighted by Gasteiger charge is -2.46. The third-order valence-electron chi connectivity index (χ3n) is 5.32. The molecule has 2 saturated heterocycles. The van der Waals surface area contributed by atoms with Crippen molar-refractivity contribution < 1.29 is 5.11 Å². The predicted octanol–water partition coefficient (Wildman–Crippen LogP) is 1.36. The Morgan fingerprint density at radius 2 is 2.06 bits per heavy atom. The van der Waals surface area contributed by atoms with Gasteiger partial charge in [-0.15, -0.1) is 0 Å². The fourth-order valence-corrected chi connectivity index (χ4v) is 4.27. The van der Waals surface area contributed by atoms with Crippen LogP contribution in [0.3, 0.4) is 0 Å². The molecule has 3 aliphatic rings. The van der Waals surface area contributed by atoms with Crippen molar-refractivity contribution in [2.24, 2.45) is 5.92 Å². The topological polar surface area (TPSA) is 35.5 Å². The predicted molar refractivity (Wildman–Crippen MR) is 69.0 cm³/mol. The number of fused-ring (bicyclic) bond motifs is 1. The van der Waals surface area contributed by atoms with Gasteiger partial charge < -0.3 is 10.4 Å². The van der Waals surface area contributed by atoms with E-state index in [0.717, 1.165) is 31.5 Å². The maximum atomic E-state index is 10.6. The summed E-state index contributed by atoms with van der Waals surface area (Å²) in [6.45, 7) is 5.17. The van der Waals surface area contributed by atoms with Crippen LogP contribution in [0.15, 0.2) is 0 Å². The van der Waals surface area contributed by atoms with Crippen molar-refractivity contribution in [3.05, 3.63) is 0 Å². The molecule has 0 aromatic carbocycles. The summed E-state index contributed by atoms with van der Waals surface area (Å²) in [4.78, 5) is 2.63. The molecular formula is C14H26N2O. The lowest BCUT2D eigenvalue weighted by molar-refractivity contribution is -0.0620. The van der Waals surface area contributed by atoms with Gasteiger partial charge in [-0.2, -0.15) is 0 Å². The highest BCUT2D eigenvalue weighted by Gasteiger charge is 2.45. The number of aliphatic hydroxyl groups is 1. The first-order chi connectivity index (χ1) is 8.18. The van der Waals surface area contributed by atoms with Crippen LogP contribution in [0.5, 0.6) is 0 Å². The molecule has 0 bridgehead atoms. The van der Waals surface area contributed by atoms with Crippen molar-refractivity contribution in [1.29, 1.82) is 0 Å². The van der Waals surface area contributed by atoms with Gasteiger partial charge in [0, 0.05) is 12.6 Å². The summed E-state index contributed by atoms with van der Waals surface area (Å²) in [6.07, 6.45) is 7.85. The van der Waals surface area contributed by atoms with Crippen LogP contribution in [0.25, 0.3) is 0 Å².